The molecule has 4 rings (SSSR count). The van der Waals surface area contributed by atoms with E-state index in [1.165, 1.54) is 0 Å². The zero-order chi connectivity index (χ0) is 23.8. The van der Waals surface area contributed by atoms with Crippen molar-refractivity contribution in [1.29, 1.82) is 0 Å². The average molecular weight is 455 g/mol. The molecule has 1 aromatic rings. The van der Waals surface area contributed by atoms with Gasteiger partial charge in [-0.2, -0.15) is 0 Å². The maximum Gasteiger partial charge on any atom is 0.255 e. The quantitative estimate of drug-likeness (QED) is 0.570. The van der Waals surface area contributed by atoms with Crippen LogP contribution in [0.4, 0.5) is 5.69 Å². The predicted octanol–water partition coefficient (Wildman–Crippen LogP) is 3.57. The third-order valence-corrected chi connectivity index (χ3v) is 7.51. The van der Waals surface area contributed by atoms with Crippen molar-refractivity contribution in [3.8, 4) is 0 Å². The minimum atomic E-state index is -0.591. The predicted molar refractivity (Wildman–Crippen MR) is 129 cm³/mol. The highest BCUT2D eigenvalue weighted by molar-refractivity contribution is 6.06. The fraction of sp³-hybridized carbons (Fsp3) is 0.654. The zero-order valence-corrected chi connectivity index (χ0v) is 20.2. The molecule has 1 aliphatic carbocycles. The van der Waals surface area contributed by atoms with Crippen LogP contribution in [0, 0.1) is 11.3 Å². The van der Waals surface area contributed by atoms with Gasteiger partial charge in [-0.1, -0.05) is 26.8 Å². The van der Waals surface area contributed by atoms with Crippen LogP contribution >= 0.6 is 0 Å². The van der Waals surface area contributed by atoms with Crippen LogP contribution in [0.2, 0.25) is 0 Å². The summed E-state index contributed by atoms with van der Waals surface area (Å²) in [6.45, 7) is 7.22. The molecule has 7 nitrogen and oxygen atoms in total. The monoisotopic (exact) mass is 454 g/mol. The molecule has 4 N–H and O–H groups in total. The van der Waals surface area contributed by atoms with Crippen LogP contribution in [-0.2, 0) is 16.1 Å². The first-order chi connectivity index (χ1) is 15.6. The molecule has 0 bridgehead atoms. The summed E-state index contributed by atoms with van der Waals surface area (Å²) in [6.07, 6.45) is 7.20. The van der Waals surface area contributed by atoms with Crippen molar-refractivity contribution in [2.24, 2.45) is 17.1 Å². The van der Waals surface area contributed by atoms with Gasteiger partial charge in [0.1, 0.15) is 6.04 Å². The van der Waals surface area contributed by atoms with E-state index < -0.39 is 6.04 Å². The molecule has 1 saturated heterocycles. The first kappa shape index (κ1) is 23.7. The van der Waals surface area contributed by atoms with Crippen molar-refractivity contribution in [2.75, 3.05) is 5.32 Å². The Morgan fingerprint density at radius 3 is 2.52 bits per heavy atom. The Balaban J connectivity index is 1.54. The number of benzene rings is 1. The molecule has 0 aromatic heterocycles. The highest BCUT2D eigenvalue weighted by Crippen LogP contribution is 2.36. The van der Waals surface area contributed by atoms with Crippen LogP contribution in [-0.4, -0.2) is 40.7 Å². The smallest absolute Gasteiger partial charge is 0.255 e. The molecule has 1 saturated carbocycles. The Labute approximate surface area is 196 Å². The van der Waals surface area contributed by atoms with E-state index in [1.807, 2.05) is 12.1 Å². The van der Waals surface area contributed by atoms with Crippen molar-refractivity contribution < 1.29 is 14.4 Å². The number of nitrogens with zero attached hydrogens (tertiary/aromatic N) is 1. The molecule has 180 valence electrons. The number of anilines is 1. The fourth-order valence-corrected chi connectivity index (χ4v) is 5.48. The van der Waals surface area contributed by atoms with Gasteiger partial charge in [-0.15, -0.1) is 0 Å². The number of amides is 3. The summed E-state index contributed by atoms with van der Waals surface area (Å²) in [7, 11) is 0. The van der Waals surface area contributed by atoms with Gasteiger partial charge in [-0.3, -0.25) is 19.7 Å². The lowest BCUT2D eigenvalue weighted by Crippen LogP contribution is -2.52. The molecule has 33 heavy (non-hydrogen) atoms. The normalized spacial score (nSPS) is 26.7. The number of imide groups is 1. The fourth-order valence-electron chi connectivity index (χ4n) is 5.48. The summed E-state index contributed by atoms with van der Waals surface area (Å²) in [6, 6.07) is 5.86. The van der Waals surface area contributed by atoms with Crippen molar-refractivity contribution in [2.45, 2.75) is 96.8 Å². The van der Waals surface area contributed by atoms with Gasteiger partial charge in [0.05, 0.1) is 0 Å². The Hall–Kier alpha value is -2.41. The molecule has 1 aromatic carbocycles. The molecule has 2 atom stereocenters. The number of hydrogen-bond donors (Lipinski definition) is 3. The summed E-state index contributed by atoms with van der Waals surface area (Å²) < 4.78 is 0. The van der Waals surface area contributed by atoms with Crippen LogP contribution in [0.5, 0.6) is 0 Å². The molecule has 2 aliphatic heterocycles. The van der Waals surface area contributed by atoms with Gasteiger partial charge >= 0.3 is 0 Å². The summed E-state index contributed by atoms with van der Waals surface area (Å²) in [5.74, 6) is -0.204. The van der Waals surface area contributed by atoms with Gasteiger partial charge in [0.15, 0.2) is 0 Å². The number of fused-ring (bicyclic) bond motifs is 1. The van der Waals surface area contributed by atoms with Crippen molar-refractivity contribution >= 4 is 23.4 Å². The third-order valence-electron chi connectivity index (χ3n) is 7.51. The van der Waals surface area contributed by atoms with Gasteiger partial charge in [-0.25, -0.2) is 0 Å². The number of carbonyl (C=O) groups excluding carboxylic acids is 3. The first-order valence-corrected chi connectivity index (χ1v) is 12.4. The van der Waals surface area contributed by atoms with E-state index in [-0.39, 0.29) is 29.6 Å². The number of hydrogen-bond acceptors (Lipinski definition) is 5. The van der Waals surface area contributed by atoms with Gasteiger partial charge in [-0.05, 0) is 68.4 Å². The second kappa shape index (κ2) is 9.45. The minimum absolute atomic E-state index is 0.127. The SMILES string of the molecule is CC(C)(C)CC[C@@H](Nc1cccc2c1CN([C@@H]1CCC(=O)NC1=O)C2=O)C1CCC(N)CC1. The van der Waals surface area contributed by atoms with E-state index in [1.54, 1.807) is 4.90 Å². The second-order valence-corrected chi connectivity index (χ2v) is 11.3. The lowest BCUT2D eigenvalue weighted by atomic mass is 9.78. The molecule has 3 amide bonds. The average Bonchev–Trinajstić information content (AvgIpc) is 3.08. The third kappa shape index (κ3) is 5.40. The molecule has 0 radical (unpaired) electrons. The van der Waals surface area contributed by atoms with Crippen LogP contribution in [0.15, 0.2) is 18.2 Å². The highest BCUT2D eigenvalue weighted by Gasteiger charge is 2.40. The van der Waals surface area contributed by atoms with Gasteiger partial charge in [0, 0.05) is 41.9 Å². The number of rotatable bonds is 6. The Kier molecular flexibility index (Phi) is 6.80. The van der Waals surface area contributed by atoms with Crippen molar-refractivity contribution in [1.82, 2.24) is 10.2 Å². The molecule has 0 spiro atoms. The van der Waals surface area contributed by atoms with Gasteiger partial charge in [0.2, 0.25) is 11.8 Å². The summed E-state index contributed by atoms with van der Waals surface area (Å²) in [5, 5.41) is 6.20. The van der Waals surface area contributed by atoms with E-state index in [0.717, 1.165) is 49.8 Å². The van der Waals surface area contributed by atoms with Crippen LogP contribution < -0.4 is 16.4 Å². The lowest BCUT2D eigenvalue weighted by molar-refractivity contribution is -0.136. The number of carbonyl (C=O) groups is 3. The summed E-state index contributed by atoms with van der Waals surface area (Å²) in [5.41, 5.74) is 9.03. The molecular formula is C26H38N4O3. The topological polar surface area (TPSA) is 105 Å². The zero-order valence-electron chi connectivity index (χ0n) is 20.2. The Bertz CT molecular complexity index is 915. The number of piperidine rings is 1. The molecule has 2 heterocycles. The van der Waals surface area contributed by atoms with E-state index in [9.17, 15) is 14.4 Å². The van der Waals surface area contributed by atoms with E-state index in [4.69, 9.17) is 5.73 Å². The second-order valence-electron chi connectivity index (χ2n) is 11.3. The van der Waals surface area contributed by atoms with Gasteiger partial charge in [0.25, 0.3) is 5.91 Å². The van der Waals surface area contributed by atoms with Crippen LogP contribution in [0.25, 0.3) is 0 Å². The summed E-state index contributed by atoms with van der Waals surface area (Å²) in [4.78, 5) is 38.8. The highest BCUT2D eigenvalue weighted by atomic mass is 16.2. The van der Waals surface area contributed by atoms with E-state index in [2.05, 4.69) is 37.5 Å². The summed E-state index contributed by atoms with van der Waals surface area (Å²) >= 11 is 0. The maximum atomic E-state index is 13.2. The standard InChI is InChI=1S/C26H38N4O3/c1-26(2,3)14-13-20(16-7-9-17(27)10-8-16)28-21-6-4-5-18-19(21)15-30(25(18)33)22-11-12-23(31)29-24(22)32/h4-6,16-17,20,22,28H,7-15,27H2,1-3H3,(H,29,31,32)/t16?,17?,20-,22-/m1/s1. The van der Waals surface area contributed by atoms with Gasteiger partial charge < -0.3 is 16.0 Å². The maximum absolute atomic E-state index is 13.2. The van der Waals surface area contributed by atoms with Crippen LogP contribution in [0.1, 0.15) is 88.1 Å². The molecule has 7 heteroatoms. The van der Waals surface area contributed by atoms with Crippen molar-refractivity contribution in [3.63, 3.8) is 0 Å². The molecular weight excluding hydrogens is 416 g/mol. The van der Waals surface area contributed by atoms with Crippen molar-refractivity contribution in [3.05, 3.63) is 29.3 Å². The Morgan fingerprint density at radius 2 is 1.85 bits per heavy atom. The van der Waals surface area contributed by atoms with E-state index >= 15 is 0 Å². The largest absolute Gasteiger partial charge is 0.382 e. The van der Waals surface area contributed by atoms with Crippen LogP contribution in [0.3, 0.4) is 0 Å². The molecule has 2 fully saturated rings. The Morgan fingerprint density at radius 1 is 1.12 bits per heavy atom. The molecule has 0 unspecified atom stereocenters. The molecule has 3 aliphatic rings. The minimum Gasteiger partial charge on any atom is -0.382 e. The lowest BCUT2D eigenvalue weighted by Gasteiger charge is -2.35. The van der Waals surface area contributed by atoms with E-state index in [0.29, 0.717) is 36.5 Å². The first-order valence-electron chi connectivity index (χ1n) is 12.4. The number of nitrogens with one attached hydrogen (secondary N) is 2. The number of nitrogens with two attached hydrogens (primary N) is 1.